The Balaban J connectivity index is 2.22. The summed E-state index contributed by atoms with van der Waals surface area (Å²) in [5.41, 5.74) is 0.198. The molecule has 0 saturated carbocycles. The fourth-order valence-electron chi connectivity index (χ4n) is 3.85. The molecule has 0 fully saturated rings. The summed E-state index contributed by atoms with van der Waals surface area (Å²) in [4.78, 5) is 63.6. The molecule has 2 rings (SSSR count). The van der Waals surface area contributed by atoms with Gasteiger partial charge in [-0.1, -0.05) is 80.9 Å². The molecule has 37 heavy (non-hydrogen) atoms. The average Bonchev–Trinajstić information content (AvgIpc) is 2.86. The number of aliphatic carboxylic acids is 1. The van der Waals surface area contributed by atoms with Gasteiger partial charge in [0.15, 0.2) is 5.78 Å². The zero-order valence-electron chi connectivity index (χ0n) is 21.8. The number of ketones is 2. The number of rotatable bonds is 14. The molecular weight excluding hydrogens is 472 g/mol. The number of nitrogens with one attached hydrogen (secondary N) is 2. The number of Topliss-reactive ketones (excluding diaryl/α,β-unsaturated/α-hetero) is 2. The predicted octanol–water partition coefficient (Wildman–Crippen LogP) is 3.13. The van der Waals surface area contributed by atoms with Crippen molar-refractivity contribution >= 4 is 29.4 Å². The lowest BCUT2D eigenvalue weighted by atomic mass is 9.82. The van der Waals surface area contributed by atoms with E-state index in [9.17, 15) is 29.1 Å². The van der Waals surface area contributed by atoms with Gasteiger partial charge in [-0.3, -0.25) is 24.0 Å². The van der Waals surface area contributed by atoms with Gasteiger partial charge in [0.05, 0.1) is 17.9 Å². The fraction of sp³-hybridized carbons (Fsp3) is 0.414. The highest BCUT2D eigenvalue weighted by molar-refractivity contribution is 6.38. The van der Waals surface area contributed by atoms with Gasteiger partial charge >= 0.3 is 5.97 Å². The van der Waals surface area contributed by atoms with Crippen LogP contribution in [0, 0.1) is 11.3 Å². The van der Waals surface area contributed by atoms with E-state index in [4.69, 9.17) is 0 Å². The summed E-state index contributed by atoms with van der Waals surface area (Å²) in [5, 5.41) is 14.6. The van der Waals surface area contributed by atoms with Crippen LogP contribution >= 0.6 is 0 Å². The minimum Gasteiger partial charge on any atom is -0.481 e. The number of carbonyl (C=O) groups excluding carboxylic acids is 4. The van der Waals surface area contributed by atoms with Crippen LogP contribution in [0.3, 0.4) is 0 Å². The zero-order valence-corrected chi connectivity index (χ0v) is 21.8. The first-order valence-electron chi connectivity index (χ1n) is 12.4. The van der Waals surface area contributed by atoms with Crippen molar-refractivity contribution in [1.82, 2.24) is 10.6 Å². The molecule has 0 radical (unpaired) electrons. The van der Waals surface area contributed by atoms with Crippen LogP contribution in [0.1, 0.15) is 51.7 Å². The number of carboxylic acid groups (broad SMARTS) is 1. The zero-order chi connectivity index (χ0) is 27.6. The van der Waals surface area contributed by atoms with Gasteiger partial charge in [-0.25, -0.2) is 0 Å². The number of hydrogen-bond acceptors (Lipinski definition) is 5. The van der Waals surface area contributed by atoms with Crippen molar-refractivity contribution in [3.63, 3.8) is 0 Å². The third-order valence-electron chi connectivity index (χ3n) is 6.41. The minimum absolute atomic E-state index is 0.0410. The Morgan fingerprint density at radius 2 is 1.41 bits per heavy atom. The van der Waals surface area contributed by atoms with E-state index >= 15 is 0 Å². The molecule has 0 spiro atoms. The quantitative estimate of drug-likeness (QED) is 0.336. The second-order valence-corrected chi connectivity index (χ2v) is 10.0. The second-order valence-electron chi connectivity index (χ2n) is 10.0. The van der Waals surface area contributed by atoms with Crippen molar-refractivity contribution in [2.45, 2.75) is 65.5 Å². The average molecular weight is 509 g/mol. The molecular formula is C29H36N2O6. The van der Waals surface area contributed by atoms with Crippen LogP contribution in [-0.4, -0.2) is 46.5 Å². The molecule has 8 heteroatoms. The molecule has 0 bridgehead atoms. The molecule has 0 heterocycles. The number of carboxylic acids is 1. The standard InChI is InChI=1S/C29H36N2O6/c1-5-19(2)25(23(32)18-29(3,4)28(36)37)31-27(35)26(34)22(16-20-12-8-6-9-13-20)30-24(33)17-21-14-10-7-11-15-21/h6-15,19,22,25H,5,16-18H2,1-4H3,(H,30,33)(H,31,35)(H,36,37). The van der Waals surface area contributed by atoms with Gasteiger partial charge in [0.2, 0.25) is 11.7 Å². The van der Waals surface area contributed by atoms with Crippen molar-refractivity contribution in [3.8, 4) is 0 Å². The number of benzene rings is 2. The van der Waals surface area contributed by atoms with Crippen LogP contribution in [0.5, 0.6) is 0 Å². The summed E-state index contributed by atoms with van der Waals surface area (Å²) in [6, 6.07) is 15.9. The monoisotopic (exact) mass is 508 g/mol. The molecule has 198 valence electrons. The van der Waals surface area contributed by atoms with E-state index in [0.717, 1.165) is 11.1 Å². The molecule has 3 unspecified atom stereocenters. The Morgan fingerprint density at radius 3 is 1.92 bits per heavy atom. The fourth-order valence-corrected chi connectivity index (χ4v) is 3.85. The molecule has 2 aromatic rings. The third kappa shape index (κ3) is 8.97. The Labute approximate surface area is 217 Å². The summed E-state index contributed by atoms with van der Waals surface area (Å²) >= 11 is 0. The third-order valence-corrected chi connectivity index (χ3v) is 6.41. The highest BCUT2D eigenvalue weighted by Crippen LogP contribution is 2.24. The van der Waals surface area contributed by atoms with Crippen LogP contribution in [0.4, 0.5) is 0 Å². The van der Waals surface area contributed by atoms with Crippen LogP contribution in [0.25, 0.3) is 0 Å². The summed E-state index contributed by atoms with van der Waals surface area (Å²) in [7, 11) is 0. The van der Waals surface area contributed by atoms with E-state index in [1.807, 2.05) is 19.1 Å². The van der Waals surface area contributed by atoms with Crippen molar-refractivity contribution in [2.24, 2.45) is 11.3 Å². The Bertz CT molecular complexity index is 1100. The van der Waals surface area contributed by atoms with Gasteiger partial charge in [0, 0.05) is 12.8 Å². The van der Waals surface area contributed by atoms with Crippen LogP contribution in [0.2, 0.25) is 0 Å². The van der Waals surface area contributed by atoms with Gasteiger partial charge in [-0.2, -0.15) is 0 Å². The van der Waals surface area contributed by atoms with Gasteiger partial charge in [-0.05, 0) is 30.9 Å². The first kappa shape index (κ1) is 29.4. The molecule has 2 aromatic carbocycles. The van der Waals surface area contributed by atoms with Gasteiger partial charge in [0.1, 0.15) is 6.04 Å². The lowest BCUT2D eigenvalue weighted by Crippen LogP contribution is -2.54. The molecule has 0 aromatic heterocycles. The van der Waals surface area contributed by atoms with E-state index in [1.54, 1.807) is 55.5 Å². The first-order chi connectivity index (χ1) is 17.4. The summed E-state index contributed by atoms with van der Waals surface area (Å²) in [6.45, 7) is 6.46. The van der Waals surface area contributed by atoms with Crippen molar-refractivity contribution in [1.29, 1.82) is 0 Å². The van der Waals surface area contributed by atoms with Crippen molar-refractivity contribution < 1.29 is 29.1 Å². The van der Waals surface area contributed by atoms with Crippen molar-refractivity contribution in [2.75, 3.05) is 0 Å². The Kier molecular flexibility index (Phi) is 10.7. The minimum atomic E-state index is -1.32. The number of hydrogen-bond donors (Lipinski definition) is 3. The lowest BCUT2D eigenvalue weighted by molar-refractivity contribution is -0.150. The molecule has 2 amide bonds. The highest BCUT2D eigenvalue weighted by Gasteiger charge is 2.37. The number of amides is 2. The highest BCUT2D eigenvalue weighted by atomic mass is 16.4. The summed E-state index contributed by atoms with van der Waals surface area (Å²) < 4.78 is 0. The van der Waals surface area contributed by atoms with Crippen LogP contribution in [0.15, 0.2) is 60.7 Å². The van der Waals surface area contributed by atoms with E-state index in [2.05, 4.69) is 10.6 Å². The lowest BCUT2D eigenvalue weighted by Gasteiger charge is -2.27. The van der Waals surface area contributed by atoms with Gasteiger partial charge in [0.25, 0.3) is 5.91 Å². The largest absolute Gasteiger partial charge is 0.481 e. The summed E-state index contributed by atoms with van der Waals surface area (Å²) in [5.74, 6) is -4.19. The van der Waals surface area contributed by atoms with Crippen molar-refractivity contribution in [3.05, 3.63) is 71.8 Å². The number of carbonyl (C=O) groups is 5. The van der Waals surface area contributed by atoms with Crippen LogP contribution in [-0.2, 0) is 36.8 Å². The normalized spacial score (nSPS) is 13.6. The second kappa shape index (κ2) is 13.5. The molecule has 3 N–H and O–H groups in total. The predicted molar refractivity (Wildman–Crippen MR) is 140 cm³/mol. The molecule has 0 saturated heterocycles. The Morgan fingerprint density at radius 1 is 0.865 bits per heavy atom. The summed E-state index contributed by atoms with van der Waals surface area (Å²) in [6.07, 6.45) is 0.369. The molecule has 0 aliphatic rings. The van der Waals surface area contributed by atoms with E-state index in [-0.39, 0.29) is 25.2 Å². The molecule has 3 atom stereocenters. The topological polar surface area (TPSA) is 130 Å². The maximum absolute atomic E-state index is 13.3. The van der Waals surface area contributed by atoms with E-state index in [0.29, 0.717) is 6.42 Å². The van der Waals surface area contributed by atoms with Crippen LogP contribution < -0.4 is 10.6 Å². The smallest absolute Gasteiger partial charge is 0.309 e. The molecule has 8 nitrogen and oxygen atoms in total. The van der Waals surface area contributed by atoms with Gasteiger partial charge < -0.3 is 15.7 Å². The Hall–Kier alpha value is -3.81. The van der Waals surface area contributed by atoms with Gasteiger partial charge in [-0.15, -0.1) is 0 Å². The molecule has 0 aliphatic carbocycles. The maximum Gasteiger partial charge on any atom is 0.309 e. The van der Waals surface area contributed by atoms with E-state index < -0.39 is 46.8 Å². The molecule has 0 aliphatic heterocycles. The SMILES string of the molecule is CCC(C)C(NC(=O)C(=O)C(Cc1ccccc1)NC(=O)Cc1ccccc1)C(=O)CC(C)(C)C(=O)O. The first-order valence-corrected chi connectivity index (χ1v) is 12.4. The maximum atomic E-state index is 13.3. The van der Waals surface area contributed by atoms with E-state index in [1.165, 1.54) is 13.8 Å².